The summed E-state index contributed by atoms with van der Waals surface area (Å²) in [6, 6.07) is 7.77. The summed E-state index contributed by atoms with van der Waals surface area (Å²) < 4.78 is 4.59. The number of carbonyl (C=O) groups excluding carboxylic acids is 1. The zero-order chi connectivity index (χ0) is 9.68. The van der Waals surface area contributed by atoms with E-state index in [1.54, 1.807) is 0 Å². The molecule has 15 heavy (non-hydrogen) atoms. The van der Waals surface area contributed by atoms with E-state index in [-0.39, 0.29) is 49.4 Å². The molecule has 0 bridgehead atoms. The van der Waals surface area contributed by atoms with E-state index in [0.717, 1.165) is 11.1 Å². The Balaban J connectivity index is 0. The van der Waals surface area contributed by atoms with Crippen LogP contribution in [0.4, 0.5) is 0 Å². The molecule has 1 rings (SSSR count). The normalized spacial score (nSPS) is 8.40. The van der Waals surface area contributed by atoms with Gasteiger partial charge in [0.05, 0.1) is 13.5 Å². The third-order valence-electron chi connectivity index (χ3n) is 1.95. The van der Waals surface area contributed by atoms with Crippen molar-refractivity contribution in [2.75, 3.05) is 7.11 Å². The van der Waals surface area contributed by atoms with Crippen molar-refractivity contribution in [2.45, 2.75) is 12.8 Å². The quantitative estimate of drug-likeness (QED) is 0.353. The average molecular weight is 371 g/mol. The number of esters is 1. The Labute approximate surface area is 121 Å². The fourth-order valence-corrected chi connectivity index (χ4v) is 1.20. The molecule has 0 N–H and O–H groups in total. The first-order valence-corrected chi connectivity index (χ1v) is 4.20. The number of rotatable bonds is 3. The van der Waals surface area contributed by atoms with Crippen LogP contribution in [0.5, 0.6) is 0 Å². The van der Waals surface area contributed by atoms with Gasteiger partial charge in [0, 0.05) is 19.5 Å². The topological polar surface area (TPSA) is 26.3 Å². The van der Waals surface area contributed by atoms with Crippen molar-refractivity contribution in [1.29, 1.82) is 0 Å². The van der Waals surface area contributed by atoms with Gasteiger partial charge in [-0.2, -0.15) is 6.42 Å². The molecular weight excluding hydrogens is 356 g/mol. The van der Waals surface area contributed by atoms with Crippen molar-refractivity contribution in [3.05, 3.63) is 42.3 Å². The standard InChI is InChI=1S/C11H13O2.HI.Zn/c1-3-9-6-4-5-7-10(9)8-11(12)13-2;;/h4-7H,1,3,8H2,2H3;1H;/q-1;;. The van der Waals surface area contributed by atoms with Gasteiger partial charge in [0.1, 0.15) is 0 Å². The van der Waals surface area contributed by atoms with Gasteiger partial charge in [-0.1, -0.05) is 29.8 Å². The number of methoxy groups -OCH3 is 1. The molecule has 0 saturated heterocycles. The van der Waals surface area contributed by atoms with E-state index >= 15 is 0 Å². The van der Waals surface area contributed by atoms with Gasteiger partial charge < -0.3 is 11.7 Å². The zero-order valence-corrected chi connectivity index (χ0v) is 14.2. The molecule has 80 valence electrons. The van der Waals surface area contributed by atoms with E-state index in [1.807, 2.05) is 24.3 Å². The van der Waals surface area contributed by atoms with Crippen LogP contribution in [0, 0.1) is 6.92 Å². The largest absolute Gasteiger partial charge is 0.469 e. The smallest absolute Gasteiger partial charge is 0.309 e. The van der Waals surface area contributed by atoms with Crippen LogP contribution in [0.2, 0.25) is 0 Å². The molecule has 0 unspecified atom stereocenters. The molecule has 0 aromatic heterocycles. The number of benzene rings is 1. The van der Waals surface area contributed by atoms with Crippen molar-refractivity contribution in [1.82, 2.24) is 0 Å². The number of hydrogen-bond acceptors (Lipinski definition) is 2. The summed E-state index contributed by atoms with van der Waals surface area (Å²) >= 11 is 0. The maximum atomic E-state index is 11.0. The summed E-state index contributed by atoms with van der Waals surface area (Å²) in [6.45, 7) is 3.80. The molecule has 0 aliphatic heterocycles. The molecule has 0 aliphatic carbocycles. The van der Waals surface area contributed by atoms with Gasteiger partial charge in [0.15, 0.2) is 0 Å². The molecule has 0 radical (unpaired) electrons. The van der Waals surface area contributed by atoms with Gasteiger partial charge in [-0.05, 0) is 5.56 Å². The molecule has 1 aromatic rings. The summed E-state index contributed by atoms with van der Waals surface area (Å²) in [5.74, 6) is -0.207. The minimum Gasteiger partial charge on any atom is -0.469 e. The molecule has 0 heterocycles. The van der Waals surface area contributed by atoms with Gasteiger partial charge >= 0.3 is 5.97 Å². The first kappa shape index (κ1) is 17.4. The van der Waals surface area contributed by atoms with Crippen LogP contribution in [0.3, 0.4) is 0 Å². The van der Waals surface area contributed by atoms with Gasteiger partial charge in [-0.3, -0.25) is 4.79 Å². The van der Waals surface area contributed by atoms with Crippen molar-refractivity contribution < 1.29 is 29.0 Å². The van der Waals surface area contributed by atoms with E-state index in [2.05, 4.69) is 11.7 Å². The first-order chi connectivity index (χ1) is 6.27. The Morgan fingerprint density at radius 1 is 1.33 bits per heavy atom. The Kier molecular flexibility index (Phi) is 10.8. The molecule has 0 aliphatic rings. The Morgan fingerprint density at radius 2 is 1.87 bits per heavy atom. The zero-order valence-electron chi connectivity index (χ0n) is 8.86. The second-order valence-corrected chi connectivity index (χ2v) is 2.77. The molecule has 0 fully saturated rings. The van der Waals surface area contributed by atoms with Crippen molar-refractivity contribution in [3.63, 3.8) is 0 Å². The van der Waals surface area contributed by atoms with Crippen LogP contribution < -0.4 is 0 Å². The molecule has 0 saturated carbocycles. The fourth-order valence-electron chi connectivity index (χ4n) is 1.20. The Hall–Kier alpha value is 0.0434. The van der Waals surface area contributed by atoms with Crippen molar-refractivity contribution in [2.24, 2.45) is 0 Å². The van der Waals surface area contributed by atoms with E-state index in [1.165, 1.54) is 7.11 Å². The van der Waals surface area contributed by atoms with Gasteiger partial charge in [-0.15, -0.1) is 24.0 Å². The molecule has 2 nitrogen and oxygen atoms in total. The molecular formula is C11H14IO2Zn-. The summed E-state index contributed by atoms with van der Waals surface area (Å²) in [5.41, 5.74) is 2.11. The van der Waals surface area contributed by atoms with E-state index < -0.39 is 0 Å². The second kappa shape index (κ2) is 9.28. The van der Waals surface area contributed by atoms with Crippen LogP contribution >= 0.6 is 24.0 Å². The van der Waals surface area contributed by atoms with Crippen molar-refractivity contribution in [3.8, 4) is 0 Å². The number of hydrogen-bond donors (Lipinski definition) is 0. The summed E-state index contributed by atoms with van der Waals surface area (Å²) in [6.07, 6.45) is 1.04. The van der Waals surface area contributed by atoms with Crippen LogP contribution in [0.1, 0.15) is 11.1 Å². The van der Waals surface area contributed by atoms with Gasteiger partial charge in [0.2, 0.25) is 0 Å². The Morgan fingerprint density at radius 3 is 2.33 bits per heavy atom. The van der Waals surface area contributed by atoms with E-state index in [0.29, 0.717) is 12.8 Å². The predicted octanol–water partition coefficient (Wildman–Crippen LogP) is 2.39. The minimum atomic E-state index is -0.207. The summed E-state index contributed by atoms with van der Waals surface area (Å²) in [5, 5.41) is 0. The maximum Gasteiger partial charge on any atom is 0.309 e. The van der Waals surface area contributed by atoms with Crippen LogP contribution in [-0.4, -0.2) is 13.1 Å². The third kappa shape index (κ3) is 5.62. The average Bonchev–Trinajstić information content (AvgIpc) is 2.18. The third-order valence-corrected chi connectivity index (χ3v) is 1.95. The first-order valence-electron chi connectivity index (χ1n) is 4.20. The molecule has 1 aromatic carbocycles. The van der Waals surface area contributed by atoms with Crippen molar-refractivity contribution >= 4 is 29.9 Å². The minimum absolute atomic E-state index is 0. The van der Waals surface area contributed by atoms with Crippen LogP contribution in [-0.2, 0) is 41.9 Å². The Bertz CT molecular complexity index is 302. The fraction of sp³-hybridized carbons (Fsp3) is 0.273. The molecule has 0 spiro atoms. The molecule has 4 heteroatoms. The maximum absolute atomic E-state index is 11.0. The predicted molar refractivity (Wildman–Crippen MR) is 66.6 cm³/mol. The molecule has 0 amide bonds. The van der Waals surface area contributed by atoms with Gasteiger partial charge in [0.25, 0.3) is 0 Å². The van der Waals surface area contributed by atoms with Crippen LogP contribution in [0.25, 0.3) is 0 Å². The number of ether oxygens (including phenoxy) is 1. The SMILES string of the molecule is I.[CH2-]Cc1ccccc1CC(=O)OC.[Zn]. The summed E-state index contributed by atoms with van der Waals surface area (Å²) in [7, 11) is 1.40. The van der Waals surface area contributed by atoms with E-state index in [4.69, 9.17) is 0 Å². The number of halogens is 1. The van der Waals surface area contributed by atoms with Gasteiger partial charge in [-0.25, -0.2) is 0 Å². The van der Waals surface area contributed by atoms with E-state index in [9.17, 15) is 4.79 Å². The molecule has 0 atom stereocenters. The monoisotopic (exact) mass is 369 g/mol. The summed E-state index contributed by atoms with van der Waals surface area (Å²) in [4.78, 5) is 11.0. The second-order valence-electron chi connectivity index (χ2n) is 2.77. The number of carbonyl (C=O) groups is 1. The van der Waals surface area contributed by atoms with Crippen LogP contribution in [0.15, 0.2) is 24.3 Å².